The summed E-state index contributed by atoms with van der Waals surface area (Å²) in [5, 5.41) is 1.13. The molecule has 0 atom stereocenters. The summed E-state index contributed by atoms with van der Waals surface area (Å²) in [5.74, 6) is 0.0564. The van der Waals surface area contributed by atoms with Gasteiger partial charge in [0.05, 0.1) is 6.54 Å². The molecule has 2 aromatic heterocycles. The third-order valence-corrected chi connectivity index (χ3v) is 4.36. The van der Waals surface area contributed by atoms with Crippen LogP contribution in [0.25, 0.3) is 10.2 Å². The molecular weight excluding hydrogens is 258 g/mol. The molecule has 1 aliphatic rings. The lowest BCUT2D eigenvalue weighted by Crippen LogP contribution is -2.36. The molecule has 88 valence electrons. The van der Waals surface area contributed by atoms with E-state index in [4.69, 9.17) is 11.6 Å². The molecule has 0 bridgehead atoms. The van der Waals surface area contributed by atoms with Crippen molar-refractivity contribution in [3.05, 3.63) is 23.0 Å². The van der Waals surface area contributed by atoms with Gasteiger partial charge >= 0.3 is 0 Å². The second-order valence-electron chi connectivity index (χ2n) is 3.94. The fourth-order valence-corrected chi connectivity index (χ4v) is 3.48. The summed E-state index contributed by atoms with van der Waals surface area (Å²) in [5.41, 5.74) is 1.30. The molecule has 1 aliphatic heterocycles. The number of alkyl halides is 1. The molecule has 4 nitrogen and oxygen atoms in total. The average Bonchev–Trinajstić information content (AvgIpc) is 2.75. The Bertz CT molecular complexity index is 583. The van der Waals surface area contributed by atoms with Gasteiger partial charge in [-0.2, -0.15) is 0 Å². The van der Waals surface area contributed by atoms with E-state index in [1.807, 2.05) is 6.20 Å². The summed E-state index contributed by atoms with van der Waals surface area (Å²) >= 11 is 7.22. The van der Waals surface area contributed by atoms with Gasteiger partial charge in [0.15, 0.2) is 0 Å². The first kappa shape index (κ1) is 10.9. The number of carbonyl (C=O) groups is 1. The molecule has 0 N–H and O–H groups in total. The second-order valence-corrected chi connectivity index (χ2v) is 5.30. The van der Waals surface area contributed by atoms with Crippen molar-refractivity contribution in [1.82, 2.24) is 14.9 Å². The number of amides is 1. The van der Waals surface area contributed by atoms with E-state index in [-0.39, 0.29) is 11.8 Å². The third kappa shape index (κ3) is 1.79. The van der Waals surface area contributed by atoms with Crippen LogP contribution in [0.1, 0.15) is 10.4 Å². The number of hydrogen-bond acceptors (Lipinski definition) is 4. The van der Waals surface area contributed by atoms with Crippen LogP contribution < -0.4 is 0 Å². The van der Waals surface area contributed by atoms with Crippen LogP contribution in [0.4, 0.5) is 0 Å². The van der Waals surface area contributed by atoms with Gasteiger partial charge in [0.2, 0.25) is 5.91 Å². The Balaban J connectivity index is 2.00. The quantitative estimate of drug-likeness (QED) is 0.741. The predicted octanol–water partition coefficient (Wildman–Crippen LogP) is 1.81. The molecule has 1 amide bonds. The predicted molar refractivity (Wildman–Crippen MR) is 67.3 cm³/mol. The van der Waals surface area contributed by atoms with Crippen molar-refractivity contribution in [2.45, 2.75) is 13.0 Å². The first-order valence-electron chi connectivity index (χ1n) is 5.33. The zero-order valence-corrected chi connectivity index (χ0v) is 10.6. The molecule has 3 heterocycles. The van der Waals surface area contributed by atoms with E-state index in [0.29, 0.717) is 6.54 Å². The molecule has 0 saturated heterocycles. The van der Waals surface area contributed by atoms with Crippen LogP contribution in [-0.2, 0) is 17.8 Å². The number of thiophene rings is 1. The summed E-state index contributed by atoms with van der Waals surface area (Å²) in [6.07, 6.45) is 4.29. The van der Waals surface area contributed by atoms with Crippen molar-refractivity contribution in [1.29, 1.82) is 0 Å². The van der Waals surface area contributed by atoms with Gasteiger partial charge in [-0.15, -0.1) is 22.9 Å². The van der Waals surface area contributed by atoms with Crippen LogP contribution >= 0.6 is 22.9 Å². The van der Waals surface area contributed by atoms with Gasteiger partial charge in [-0.25, -0.2) is 9.97 Å². The molecule has 0 aromatic carbocycles. The number of hydrogen-bond donors (Lipinski definition) is 0. The summed E-state index contributed by atoms with van der Waals surface area (Å²) in [6, 6.07) is 0. The maximum absolute atomic E-state index is 11.6. The summed E-state index contributed by atoms with van der Waals surface area (Å²) in [4.78, 5) is 23.9. The minimum atomic E-state index is 0.000793. The number of fused-ring (bicyclic) bond motifs is 3. The smallest absolute Gasteiger partial charge is 0.237 e. The first-order chi connectivity index (χ1) is 8.29. The molecule has 3 rings (SSSR count). The highest BCUT2D eigenvalue weighted by atomic mass is 35.5. The molecule has 0 aliphatic carbocycles. The zero-order valence-electron chi connectivity index (χ0n) is 9.02. The maximum Gasteiger partial charge on any atom is 0.237 e. The van der Waals surface area contributed by atoms with E-state index in [1.165, 1.54) is 10.4 Å². The van der Waals surface area contributed by atoms with Gasteiger partial charge in [-0.1, -0.05) is 0 Å². The molecule has 0 spiro atoms. The zero-order chi connectivity index (χ0) is 11.8. The van der Waals surface area contributed by atoms with E-state index >= 15 is 0 Å². The average molecular weight is 268 g/mol. The van der Waals surface area contributed by atoms with Gasteiger partial charge in [0.25, 0.3) is 0 Å². The number of halogens is 1. The number of nitrogens with zero attached hydrogens (tertiary/aromatic N) is 3. The Labute approximate surface area is 107 Å². The Morgan fingerprint density at radius 3 is 3.29 bits per heavy atom. The van der Waals surface area contributed by atoms with Crippen molar-refractivity contribution in [2.24, 2.45) is 0 Å². The molecule has 17 heavy (non-hydrogen) atoms. The van der Waals surface area contributed by atoms with Crippen molar-refractivity contribution in [3.8, 4) is 0 Å². The van der Waals surface area contributed by atoms with E-state index in [9.17, 15) is 4.79 Å². The van der Waals surface area contributed by atoms with Crippen molar-refractivity contribution < 1.29 is 4.79 Å². The van der Waals surface area contributed by atoms with E-state index in [2.05, 4.69) is 9.97 Å². The molecular formula is C11H10ClN3OS. The van der Waals surface area contributed by atoms with Crippen LogP contribution in [0.15, 0.2) is 12.5 Å². The van der Waals surface area contributed by atoms with Gasteiger partial charge in [0, 0.05) is 23.0 Å². The van der Waals surface area contributed by atoms with Crippen molar-refractivity contribution in [2.75, 3.05) is 12.4 Å². The molecule has 6 heteroatoms. The van der Waals surface area contributed by atoms with Gasteiger partial charge in [-0.05, 0) is 12.0 Å². The van der Waals surface area contributed by atoms with Gasteiger partial charge in [0.1, 0.15) is 17.0 Å². The van der Waals surface area contributed by atoms with Crippen LogP contribution in [0.3, 0.4) is 0 Å². The molecule has 2 aromatic rings. The van der Waals surface area contributed by atoms with Crippen molar-refractivity contribution >= 4 is 39.1 Å². The minimum absolute atomic E-state index is 0.000793. The minimum Gasteiger partial charge on any atom is -0.336 e. The van der Waals surface area contributed by atoms with Crippen LogP contribution in [0.2, 0.25) is 0 Å². The Hall–Kier alpha value is -1.20. The van der Waals surface area contributed by atoms with Gasteiger partial charge < -0.3 is 4.90 Å². The Morgan fingerprint density at radius 2 is 2.47 bits per heavy atom. The lowest BCUT2D eigenvalue weighted by molar-refractivity contribution is -0.129. The topological polar surface area (TPSA) is 46.1 Å². The summed E-state index contributed by atoms with van der Waals surface area (Å²) < 4.78 is 0. The number of aromatic nitrogens is 2. The number of rotatable bonds is 1. The van der Waals surface area contributed by atoms with E-state index < -0.39 is 0 Å². The fraction of sp³-hybridized carbons (Fsp3) is 0.364. The normalized spacial score (nSPS) is 15.0. The Kier molecular flexibility index (Phi) is 2.72. The lowest BCUT2D eigenvalue weighted by Gasteiger charge is -2.26. The highest BCUT2D eigenvalue weighted by Gasteiger charge is 2.23. The third-order valence-electron chi connectivity index (χ3n) is 2.99. The SMILES string of the molecule is O=C(CCl)N1CCc2c(sc3ncncc23)C1. The number of carbonyl (C=O) groups excluding carboxylic acids is 1. The van der Waals surface area contributed by atoms with Gasteiger partial charge in [-0.3, -0.25) is 4.79 Å². The molecule has 0 radical (unpaired) electrons. The fourth-order valence-electron chi connectivity index (χ4n) is 2.13. The molecule has 0 unspecified atom stereocenters. The highest BCUT2D eigenvalue weighted by molar-refractivity contribution is 7.18. The Morgan fingerprint density at radius 1 is 1.59 bits per heavy atom. The summed E-state index contributed by atoms with van der Waals surface area (Å²) in [6.45, 7) is 1.39. The van der Waals surface area contributed by atoms with E-state index in [1.54, 1.807) is 22.6 Å². The van der Waals surface area contributed by atoms with Crippen LogP contribution in [0.5, 0.6) is 0 Å². The standard InChI is InChI=1S/C11H10ClN3OS/c12-3-10(16)15-2-1-7-8-4-13-6-14-11(8)17-9(7)5-15/h4,6H,1-3,5H2. The second kappa shape index (κ2) is 4.23. The monoisotopic (exact) mass is 267 g/mol. The van der Waals surface area contributed by atoms with Crippen LogP contribution in [-0.4, -0.2) is 33.2 Å². The maximum atomic E-state index is 11.6. The largest absolute Gasteiger partial charge is 0.336 e. The lowest BCUT2D eigenvalue weighted by atomic mass is 10.1. The molecule has 0 saturated carbocycles. The molecule has 0 fully saturated rings. The highest BCUT2D eigenvalue weighted by Crippen LogP contribution is 2.33. The summed E-state index contributed by atoms with van der Waals surface area (Å²) in [7, 11) is 0. The van der Waals surface area contributed by atoms with E-state index in [0.717, 1.165) is 23.2 Å². The van der Waals surface area contributed by atoms with Crippen molar-refractivity contribution in [3.63, 3.8) is 0 Å². The van der Waals surface area contributed by atoms with Crippen LogP contribution in [0, 0.1) is 0 Å². The first-order valence-corrected chi connectivity index (χ1v) is 6.68.